The van der Waals surface area contributed by atoms with Crippen LogP contribution in [0.2, 0.25) is 0 Å². The minimum Gasteiger partial charge on any atom is -0.347 e. The Labute approximate surface area is 140 Å². The molecule has 0 aliphatic rings. The van der Waals surface area contributed by atoms with Gasteiger partial charge in [0, 0.05) is 30.2 Å². The molecule has 2 heterocycles. The fourth-order valence-corrected chi connectivity index (χ4v) is 2.32. The molecular weight excluding hydrogens is 331 g/mol. The van der Waals surface area contributed by atoms with Gasteiger partial charge in [-0.25, -0.2) is 4.98 Å². The summed E-state index contributed by atoms with van der Waals surface area (Å²) in [4.78, 5) is 20.3. The standard InChI is InChI=1S/C13H16N4OS.2ClH/c1-9-2-3-10(6-15-9)7-16-13(18)11-8-19-12(17-11)4-5-14;;/h2-3,6,8H,4-5,7,14H2,1H3,(H,16,18);2*1H. The summed E-state index contributed by atoms with van der Waals surface area (Å²) in [7, 11) is 0. The molecule has 0 atom stereocenters. The highest BCUT2D eigenvalue weighted by atomic mass is 35.5. The zero-order valence-corrected chi connectivity index (χ0v) is 14.0. The lowest BCUT2D eigenvalue weighted by molar-refractivity contribution is 0.0946. The maximum atomic E-state index is 11.9. The first kappa shape index (κ1) is 19.8. The molecular formula is C13H18Cl2N4OS. The Hall–Kier alpha value is -1.21. The van der Waals surface area contributed by atoms with Crippen molar-refractivity contribution < 1.29 is 4.79 Å². The van der Waals surface area contributed by atoms with Crippen LogP contribution in [0.25, 0.3) is 0 Å². The Morgan fingerprint density at radius 1 is 1.38 bits per heavy atom. The highest BCUT2D eigenvalue weighted by Crippen LogP contribution is 2.10. The first-order valence-corrected chi connectivity index (χ1v) is 6.91. The van der Waals surface area contributed by atoms with Crippen LogP contribution in [0.4, 0.5) is 0 Å². The molecule has 116 valence electrons. The van der Waals surface area contributed by atoms with Crippen LogP contribution < -0.4 is 11.1 Å². The quantitative estimate of drug-likeness (QED) is 0.866. The third kappa shape index (κ3) is 5.97. The Balaban J connectivity index is 0.00000200. The van der Waals surface area contributed by atoms with Gasteiger partial charge >= 0.3 is 0 Å². The van der Waals surface area contributed by atoms with Crippen LogP contribution in [0.5, 0.6) is 0 Å². The molecule has 0 fully saturated rings. The normalized spacial score (nSPS) is 9.43. The van der Waals surface area contributed by atoms with Crippen LogP contribution in [-0.2, 0) is 13.0 Å². The van der Waals surface area contributed by atoms with E-state index in [1.54, 1.807) is 11.6 Å². The molecule has 1 amide bonds. The van der Waals surface area contributed by atoms with E-state index < -0.39 is 0 Å². The van der Waals surface area contributed by atoms with Crippen molar-refractivity contribution in [3.8, 4) is 0 Å². The SMILES string of the molecule is Cc1ccc(CNC(=O)c2csc(CCN)n2)cn1.Cl.Cl. The summed E-state index contributed by atoms with van der Waals surface area (Å²) in [5, 5.41) is 5.47. The fraction of sp³-hybridized carbons (Fsp3) is 0.308. The van der Waals surface area contributed by atoms with E-state index in [0.717, 1.165) is 16.3 Å². The summed E-state index contributed by atoms with van der Waals surface area (Å²) in [6, 6.07) is 3.87. The van der Waals surface area contributed by atoms with E-state index in [2.05, 4.69) is 15.3 Å². The summed E-state index contributed by atoms with van der Waals surface area (Å²) in [6.45, 7) is 2.93. The summed E-state index contributed by atoms with van der Waals surface area (Å²) >= 11 is 1.46. The molecule has 3 N–H and O–H groups in total. The summed E-state index contributed by atoms with van der Waals surface area (Å²) in [5.41, 5.74) is 7.83. The van der Waals surface area contributed by atoms with Crippen molar-refractivity contribution in [2.75, 3.05) is 6.54 Å². The lowest BCUT2D eigenvalue weighted by atomic mass is 10.2. The summed E-state index contributed by atoms with van der Waals surface area (Å²) in [6.07, 6.45) is 2.47. The van der Waals surface area contributed by atoms with E-state index in [1.165, 1.54) is 11.3 Å². The second-order valence-corrected chi connectivity index (χ2v) is 5.10. The lowest BCUT2D eigenvalue weighted by Crippen LogP contribution is -2.23. The number of nitrogens with zero attached hydrogens (tertiary/aromatic N) is 2. The number of pyridine rings is 1. The number of hydrogen-bond donors (Lipinski definition) is 2. The van der Waals surface area contributed by atoms with Crippen molar-refractivity contribution in [1.82, 2.24) is 15.3 Å². The molecule has 0 bridgehead atoms. The van der Waals surface area contributed by atoms with Crippen LogP contribution in [0.3, 0.4) is 0 Å². The molecule has 0 aliphatic carbocycles. The monoisotopic (exact) mass is 348 g/mol. The number of carbonyl (C=O) groups is 1. The van der Waals surface area contributed by atoms with E-state index in [0.29, 0.717) is 25.2 Å². The van der Waals surface area contributed by atoms with Gasteiger partial charge in [-0.15, -0.1) is 36.2 Å². The van der Waals surface area contributed by atoms with Gasteiger partial charge in [-0.3, -0.25) is 9.78 Å². The van der Waals surface area contributed by atoms with Crippen LogP contribution in [0.15, 0.2) is 23.7 Å². The van der Waals surface area contributed by atoms with Gasteiger partial charge in [0.1, 0.15) is 5.69 Å². The minimum atomic E-state index is -0.167. The molecule has 0 unspecified atom stereocenters. The van der Waals surface area contributed by atoms with Gasteiger partial charge in [0.15, 0.2) is 0 Å². The number of amides is 1. The molecule has 0 saturated carbocycles. The van der Waals surface area contributed by atoms with E-state index >= 15 is 0 Å². The Bertz CT molecular complexity index is 560. The highest BCUT2D eigenvalue weighted by molar-refractivity contribution is 7.09. The average molecular weight is 349 g/mol. The average Bonchev–Trinajstić information content (AvgIpc) is 2.87. The van der Waals surface area contributed by atoms with E-state index in [-0.39, 0.29) is 30.7 Å². The smallest absolute Gasteiger partial charge is 0.271 e. The number of aromatic nitrogens is 2. The summed E-state index contributed by atoms with van der Waals surface area (Å²) < 4.78 is 0. The molecule has 0 saturated heterocycles. The Kier molecular flexibility index (Phi) is 9.12. The van der Waals surface area contributed by atoms with E-state index in [4.69, 9.17) is 5.73 Å². The lowest BCUT2D eigenvalue weighted by Gasteiger charge is -2.03. The van der Waals surface area contributed by atoms with Crippen molar-refractivity contribution >= 4 is 42.1 Å². The molecule has 0 aliphatic heterocycles. The molecule has 21 heavy (non-hydrogen) atoms. The Morgan fingerprint density at radius 2 is 2.14 bits per heavy atom. The molecule has 0 spiro atoms. The van der Waals surface area contributed by atoms with Gasteiger partial charge in [0.05, 0.1) is 5.01 Å². The maximum absolute atomic E-state index is 11.9. The number of thiazole rings is 1. The van der Waals surface area contributed by atoms with E-state index in [1.807, 2.05) is 19.1 Å². The molecule has 2 aromatic heterocycles. The highest BCUT2D eigenvalue weighted by Gasteiger charge is 2.10. The van der Waals surface area contributed by atoms with Gasteiger partial charge in [-0.1, -0.05) is 6.07 Å². The zero-order chi connectivity index (χ0) is 13.7. The minimum absolute atomic E-state index is 0. The van der Waals surface area contributed by atoms with Crippen LogP contribution in [0.1, 0.15) is 26.8 Å². The second-order valence-electron chi connectivity index (χ2n) is 4.16. The molecule has 0 radical (unpaired) electrons. The van der Waals surface area contributed by atoms with Crippen molar-refractivity contribution in [1.29, 1.82) is 0 Å². The van der Waals surface area contributed by atoms with E-state index in [9.17, 15) is 4.79 Å². The van der Waals surface area contributed by atoms with Crippen molar-refractivity contribution in [2.24, 2.45) is 5.73 Å². The number of carbonyl (C=O) groups excluding carboxylic acids is 1. The number of hydrogen-bond acceptors (Lipinski definition) is 5. The Morgan fingerprint density at radius 3 is 2.76 bits per heavy atom. The number of rotatable bonds is 5. The molecule has 2 aromatic rings. The van der Waals surface area contributed by atoms with Gasteiger partial charge in [0.2, 0.25) is 0 Å². The first-order valence-electron chi connectivity index (χ1n) is 6.03. The fourth-order valence-electron chi connectivity index (χ4n) is 1.53. The van der Waals surface area contributed by atoms with Crippen LogP contribution >= 0.6 is 36.2 Å². The van der Waals surface area contributed by atoms with Crippen LogP contribution in [-0.4, -0.2) is 22.4 Å². The van der Waals surface area contributed by atoms with Gasteiger partial charge in [-0.05, 0) is 25.1 Å². The molecule has 5 nitrogen and oxygen atoms in total. The third-order valence-corrected chi connectivity index (χ3v) is 3.48. The van der Waals surface area contributed by atoms with Crippen molar-refractivity contribution in [2.45, 2.75) is 19.9 Å². The largest absolute Gasteiger partial charge is 0.347 e. The molecule has 8 heteroatoms. The number of aryl methyl sites for hydroxylation is 1. The number of nitrogens with two attached hydrogens (primary N) is 1. The first-order chi connectivity index (χ1) is 9.19. The second kappa shape index (κ2) is 9.68. The van der Waals surface area contributed by atoms with Crippen molar-refractivity contribution in [3.63, 3.8) is 0 Å². The zero-order valence-electron chi connectivity index (χ0n) is 11.5. The molecule has 2 rings (SSSR count). The summed E-state index contributed by atoms with van der Waals surface area (Å²) in [5.74, 6) is -0.167. The van der Waals surface area contributed by atoms with Crippen molar-refractivity contribution in [3.05, 3.63) is 45.7 Å². The van der Waals surface area contributed by atoms with Gasteiger partial charge in [0.25, 0.3) is 5.91 Å². The predicted molar refractivity (Wildman–Crippen MR) is 89.5 cm³/mol. The van der Waals surface area contributed by atoms with Gasteiger partial charge in [-0.2, -0.15) is 0 Å². The predicted octanol–water partition coefficient (Wildman–Crippen LogP) is 2.12. The topological polar surface area (TPSA) is 80.9 Å². The number of nitrogens with one attached hydrogen (secondary N) is 1. The molecule has 0 aromatic carbocycles. The third-order valence-electron chi connectivity index (χ3n) is 2.57. The number of halogens is 2. The van der Waals surface area contributed by atoms with Crippen LogP contribution in [0, 0.1) is 6.92 Å². The van der Waals surface area contributed by atoms with Gasteiger partial charge < -0.3 is 11.1 Å². The maximum Gasteiger partial charge on any atom is 0.271 e.